The molecular weight excluding hydrogens is 340 g/mol. The van der Waals surface area contributed by atoms with Gasteiger partial charge in [-0.25, -0.2) is 0 Å². The Balaban J connectivity index is -0.00000200. The van der Waals surface area contributed by atoms with Crippen LogP contribution in [0.15, 0.2) is 0 Å². The maximum atomic E-state index is 8.73. The first kappa shape index (κ1) is 28.3. The van der Waals surface area contributed by atoms with Gasteiger partial charge in [0.2, 0.25) is 0 Å². The molecule has 0 amide bonds. The zero-order chi connectivity index (χ0) is 16.4. The third kappa shape index (κ3) is 15.7. The summed E-state index contributed by atoms with van der Waals surface area (Å²) in [5.74, 6) is 0. The molecule has 1 unspecified atom stereocenters. The Morgan fingerprint density at radius 2 is 1.52 bits per heavy atom. The average Bonchev–Trinajstić information content (AvgIpc) is 2.34. The van der Waals surface area contributed by atoms with Crippen molar-refractivity contribution in [1.82, 2.24) is 0 Å². The number of hydrogen-bond acceptors (Lipinski definition) is 4. The van der Waals surface area contributed by atoms with E-state index in [0.29, 0.717) is 6.61 Å². The topological polar surface area (TPSA) is 47.9 Å². The van der Waals surface area contributed by atoms with Crippen molar-refractivity contribution in [2.45, 2.75) is 85.9 Å². The molecule has 1 N–H and O–H groups in total. The van der Waals surface area contributed by atoms with Crippen molar-refractivity contribution >= 4 is 25.9 Å². The summed E-state index contributed by atoms with van der Waals surface area (Å²) in [7, 11) is -4.75. The molecule has 23 heavy (non-hydrogen) atoms. The fourth-order valence-corrected chi connectivity index (χ4v) is 15.7. The molecule has 0 aliphatic carbocycles. The van der Waals surface area contributed by atoms with E-state index in [0.717, 1.165) is 19.1 Å². The number of rotatable bonds is 13. The zero-order valence-corrected chi connectivity index (χ0v) is 18.1. The molecule has 0 fully saturated rings. The second-order valence-corrected chi connectivity index (χ2v) is 17.2. The molecule has 0 saturated heterocycles. The van der Waals surface area contributed by atoms with E-state index in [2.05, 4.69) is 39.7 Å². The van der Waals surface area contributed by atoms with Gasteiger partial charge < -0.3 is 18.1 Å². The van der Waals surface area contributed by atoms with Gasteiger partial charge in [0.25, 0.3) is 0 Å². The van der Waals surface area contributed by atoms with E-state index in [1.807, 2.05) is 0 Å². The van der Waals surface area contributed by atoms with Crippen LogP contribution in [0.4, 0.5) is 0 Å². The molecule has 7 heteroatoms. The van der Waals surface area contributed by atoms with Crippen molar-refractivity contribution in [1.29, 1.82) is 0 Å². The molecular formula is C16H44O4Si3. The number of hydrogen-bond donors (Lipinski definition) is 1. The molecule has 0 heterocycles. The van der Waals surface area contributed by atoms with Crippen LogP contribution in [0.3, 0.4) is 0 Å². The van der Waals surface area contributed by atoms with Gasteiger partial charge in [-0.1, -0.05) is 34.6 Å². The number of aliphatic hydroxyl groups is 1. The van der Waals surface area contributed by atoms with Crippen LogP contribution in [0.1, 0.15) is 41.0 Å². The molecule has 0 spiro atoms. The molecule has 1 atom stereocenters. The fraction of sp³-hybridized carbons (Fsp3) is 1.00. The summed E-state index contributed by atoms with van der Waals surface area (Å²) in [6.45, 7) is 14.7. The molecule has 0 aromatic heterocycles. The molecule has 4 nitrogen and oxygen atoms in total. The molecule has 0 aromatic carbocycles. The van der Waals surface area contributed by atoms with Gasteiger partial charge in [-0.15, -0.1) is 0 Å². The van der Waals surface area contributed by atoms with Crippen molar-refractivity contribution in [2.24, 2.45) is 0 Å². The van der Waals surface area contributed by atoms with E-state index in [1.165, 1.54) is 18.9 Å². The highest BCUT2D eigenvalue weighted by atomic mass is 28.5. The minimum absolute atomic E-state index is 0. The van der Waals surface area contributed by atoms with E-state index < -0.39 is 25.9 Å². The highest BCUT2D eigenvalue weighted by molar-refractivity contribution is 6.85. The number of unbranched alkanes of at least 4 members (excludes halogenated alkanes) is 1. The lowest BCUT2D eigenvalue weighted by molar-refractivity contribution is 0.0923. The summed E-state index contributed by atoms with van der Waals surface area (Å²) in [5.41, 5.74) is 0. The summed E-state index contributed by atoms with van der Waals surface area (Å²) in [6.07, 6.45) is 3.48. The van der Waals surface area contributed by atoms with Crippen LogP contribution in [0.25, 0.3) is 0 Å². The van der Waals surface area contributed by atoms with E-state index in [4.69, 9.17) is 18.1 Å². The normalized spacial score (nSPS) is 14.1. The van der Waals surface area contributed by atoms with Gasteiger partial charge in [0, 0.05) is 6.61 Å². The monoisotopic (exact) mass is 384 g/mol. The van der Waals surface area contributed by atoms with Crippen LogP contribution >= 0.6 is 0 Å². The Morgan fingerprint density at radius 1 is 0.957 bits per heavy atom. The van der Waals surface area contributed by atoms with Crippen molar-refractivity contribution in [3.63, 3.8) is 0 Å². The molecule has 0 aliphatic rings. The van der Waals surface area contributed by atoms with Gasteiger partial charge in [0.05, 0.1) is 13.2 Å². The lowest BCUT2D eigenvalue weighted by atomic mass is 10.4. The first-order valence-electron chi connectivity index (χ1n) is 8.31. The summed E-state index contributed by atoms with van der Waals surface area (Å²) in [5, 5.41) is 8.73. The summed E-state index contributed by atoms with van der Waals surface area (Å²) in [6, 6.07) is 2.33. The molecule has 0 aliphatic heterocycles. The summed E-state index contributed by atoms with van der Waals surface area (Å²) in [4.78, 5) is 0. The zero-order valence-electron chi connectivity index (χ0n) is 14.9. The SMILES string of the molecule is C.C.CCCC[Si](C)(CCCOCCO)O[Si](C)(C)O[SiH](C)C. The second-order valence-electron chi connectivity index (χ2n) is 6.66. The van der Waals surface area contributed by atoms with Gasteiger partial charge in [0.15, 0.2) is 17.4 Å². The maximum Gasteiger partial charge on any atom is 0.310 e. The third-order valence-corrected chi connectivity index (χ3v) is 14.2. The number of ether oxygens (including phenoxy) is 1. The second kappa shape index (κ2) is 14.8. The average molecular weight is 385 g/mol. The van der Waals surface area contributed by atoms with E-state index in [1.54, 1.807) is 0 Å². The Labute approximate surface area is 150 Å². The minimum Gasteiger partial charge on any atom is -0.440 e. The lowest BCUT2D eigenvalue weighted by Crippen LogP contribution is -2.50. The van der Waals surface area contributed by atoms with Crippen molar-refractivity contribution < 1.29 is 18.1 Å². The van der Waals surface area contributed by atoms with Crippen molar-refractivity contribution in [3.8, 4) is 0 Å². The Morgan fingerprint density at radius 3 is 2.00 bits per heavy atom. The predicted octanol–water partition coefficient (Wildman–Crippen LogP) is 4.75. The minimum atomic E-state index is -1.98. The highest BCUT2D eigenvalue weighted by Crippen LogP contribution is 2.27. The van der Waals surface area contributed by atoms with Gasteiger partial charge in [-0.3, -0.25) is 0 Å². The van der Waals surface area contributed by atoms with Crippen LogP contribution in [0.2, 0.25) is 44.8 Å². The number of aliphatic hydroxyl groups excluding tert-OH is 1. The smallest absolute Gasteiger partial charge is 0.310 e. The Bertz CT molecular complexity index is 266. The molecule has 0 bridgehead atoms. The molecule has 0 radical (unpaired) electrons. The van der Waals surface area contributed by atoms with Crippen LogP contribution in [0.5, 0.6) is 0 Å². The Kier molecular flexibility index (Phi) is 18.2. The quantitative estimate of drug-likeness (QED) is 0.367. The van der Waals surface area contributed by atoms with Gasteiger partial charge in [-0.2, -0.15) is 0 Å². The molecule has 144 valence electrons. The van der Waals surface area contributed by atoms with E-state index in [-0.39, 0.29) is 21.5 Å². The van der Waals surface area contributed by atoms with Crippen LogP contribution in [0, 0.1) is 0 Å². The third-order valence-electron chi connectivity index (χ3n) is 3.30. The van der Waals surface area contributed by atoms with Gasteiger partial charge in [0.1, 0.15) is 0 Å². The van der Waals surface area contributed by atoms with Crippen molar-refractivity contribution in [2.75, 3.05) is 19.8 Å². The van der Waals surface area contributed by atoms with Gasteiger partial charge >= 0.3 is 8.56 Å². The molecule has 0 aromatic rings. The maximum absolute atomic E-state index is 8.73. The predicted molar refractivity (Wildman–Crippen MR) is 111 cm³/mol. The standard InChI is InChI=1S/C14H36O4Si3.2CH4/c1-7-8-13-21(6,14-9-11-16-12-10-15)18-20(4,5)17-19(2)3;;/h15,19H,7-14H2,1-6H3;2*1H4. The fourth-order valence-electron chi connectivity index (χ4n) is 2.68. The van der Waals surface area contributed by atoms with Gasteiger partial charge in [-0.05, 0) is 51.2 Å². The first-order valence-corrected chi connectivity index (χ1v) is 16.7. The Hall–Kier alpha value is 0.491. The molecule has 0 saturated carbocycles. The first-order chi connectivity index (χ1) is 9.74. The van der Waals surface area contributed by atoms with Crippen LogP contribution in [-0.2, 0) is 13.0 Å². The van der Waals surface area contributed by atoms with E-state index >= 15 is 0 Å². The van der Waals surface area contributed by atoms with E-state index in [9.17, 15) is 0 Å². The van der Waals surface area contributed by atoms with Crippen LogP contribution < -0.4 is 0 Å². The largest absolute Gasteiger partial charge is 0.440 e. The summed E-state index contributed by atoms with van der Waals surface area (Å²) < 4.78 is 18.2. The van der Waals surface area contributed by atoms with Crippen LogP contribution in [-0.4, -0.2) is 50.8 Å². The van der Waals surface area contributed by atoms with Crippen molar-refractivity contribution in [3.05, 3.63) is 0 Å². The highest BCUT2D eigenvalue weighted by Gasteiger charge is 2.37. The molecule has 0 rings (SSSR count). The summed E-state index contributed by atoms with van der Waals surface area (Å²) >= 11 is 0. The lowest BCUT2D eigenvalue weighted by Gasteiger charge is -2.37.